The molecule has 0 bridgehead atoms. The van der Waals surface area contributed by atoms with Crippen LogP contribution in [0.5, 0.6) is 0 Å². The van der Waals surface area contributed by atoms with Gasteiger partial charge in [0.05, 0.1) is 6.04 Å². The largest absolute Gasteiger partial charge is 0.476 e. The summed E-state index contributed by atoms with van der Waals surface area (Å²) in [5, 5.41) is 9.44. The predicted octanol–water partition coefficient (Wildman–Crippen LogP) is 1.56. The Morgan fingerprint density at radius 2 is 2.38 bits per heavy atom. The Bertz CT molecular complexity index is 322. The van der Waals surface area contributed by atoms with Crippen molar-refractivity contribution in [2.45, 2.75) is 26.3 Å². The first-order valence-corrected chi connectivity index (χ1v) is 4.84. The molecule has 4 nitrogen and oxygen atoms in total. The van der Waals surface area contributed by atoms with Crippen LogP contribution in [0.1, 0.15) is 39.8 Å². The molecule has 0 aliphatic rings. The minimum atomic E-state index is -0.983. The van der Waals surface area contributed by atoms with Crippen molar-refractivity contribution in [2.75, 3.05) is 0 Å². The number of aromatic carboxylic acids is 1. The van der Waals surface area contributed by atoms with Crippen molar-refractivity contribution in [3.8, 4) is 0 Å². The van der Waals surface area contributed by atoms with Crippen LogP contribution in [0, 0.1) is 6.92 Å². The smallest absolute Gasteiger partial charge is 0.355 e. The standard InChI is InChI=1S/C8H12N2O2S/c1-3-5(9)7-10-6(8(11)12)4(2)13-7/h5H,3,9H2,1-2H3,(H,11,12). The Balaban J connectivity index is 3.01. The third kappa shape index (κ3) is 2.05. The fourth-order valence-electron chi connectivity index (χ4n) is 0.949. The highest BCUT2D eigenvalue weighted by molar-refractivity contribution is 7.11. The predicted molar refractivity (Wildman–Crippen MR) is 51.0 cm³/mol. The van der Waals surface area contributed by atoms with Crippen LogP contribution < -0.4 is 5.73 Å². The monoisotopic (exact) mass is 200 g/mol. The molecule has 1 aromatic heterocycles. The molecule has 1 atom stereocenters. The average molecular weight is 200 g/mol. The molecular weight excluding hydrogens is 188 g/mol. The quantitative estimate of drug-likeness (QED) is 0.776. The molecule has 72 valence electrons. The minimum Gasteiger partial charge on any atom is -0.476 e. The van der Waals surface area contributed by atoms with E-state index in [1.165, 1.54) is 11.3 Å². The number of nitrogens with zero attached hydrogens (tertiary/aromatic N) is 1. The minimum absolute atomic E-state index is 0.129. The molecule has 0 fully saturated rings. The summed E-state index contributed by atoms with van der Waals surface area (Å²) in [6.45, 7) is 3.69. The van der Waals surface area contributed by atoms with Crippen molar-refractivity contribution in [2.24, 2.45) is 5.73 Å². The fraction of sp³-hybridized carbons (Fsp3) is 0.500. The number of carboxylic acids is 1. The Hall–Kier alpha value is -0.940. The van der Waals surface area contributed by atoms with Gasteiger partial charge in [-0.1, -0.05) is 6.92 Å². The van der Waals surface area contributed by atoms with Crippen molar-refractivity contribution < 1.29 is 9.90 Å². The molecule has 3 N–H and O–H groups in total. The van der Waals surface area contributed by atoms with E-state index >= 15 is 0 Å². The van der Waals surface area contributed by atoms with E-state index in [0.717, 1.165) is 6.42 Å². The van der Waals surface area contributed by atoms with Gasteiger partial charge in [0.1, 0.15) is 5.01 Å². The molecule has 0 saturated carbocycles. The topological polar surface area (TPSA) is 76.2 Å². The van der Waals surface area contributed by atoms with Gasteiger partial charge in [-0.25, -0.2) is 9.78 Å². The van der Waals surface area contributed by atoms with Crippen LogP contribution in [0.15, 0.2) is 0 Å². The number of aryl methyl sites for hydroxylation is 1. The average Bonchev–Trinajstić information content (AvgIpc) is 2.46. The second kappa shape index (κ2) is 3.85. The summed E-state index contributed by atoms with van der Waals surface area (Å²) >= 11 is 1.36. The maximum Gasteiger partial charge on any atom is 0.355 e. The Morgan fingerprint density at radius 1 is 1.77 bits per heavy atom. The highest BCUT2D eigenvalue weighted by Gasteiger charge is 2.16. The maximum atomic E-state index is 10.6. The number of hydrogen-bond acceptors (Lipinski definition) is 4. The third-order valence-electron chi connectivity index (χ3n) is 1.77. The van der Waals surface area contributed by atoms with Crippen LogP contribution in [0.3, 0.4) is 0 Å². The Morgan fingerprint density at radius 3 is 2.77 bits per heavy atom. The third-order valence-corrected chi connectivity index (χ3v) is 2.88. The van der Waals surface area contributed by atoms with Crippen LogP contribution in [0.4, 0.5) is 0 Å². The lowest BCUT2D eigenvalue weighted by Gasteiger charge is -2.01. The van der Waals surface area contributed by atoms with Gasteiger partial charge < -0.3 is 10.8 Å². The number of hydrogen-bond donors (Lipinski definition) is 2. The lowest BCUT2D eigenvalue weighted by Crippen LogP contribution is -2.08. The number of thiazole rings is 1. The second-order valence-electron chi connectivity index (χ2n) is 2.78. The molecular formula is C8H12N2O2S. The van der Waals surface area contributed by atoms with Gasteiger partial charge in [0.15, 0.2) is 5.69 Å². The lowest BCUT2D eigenvalue weighted by molar-refractivity contribution is 0.0690. The van der Waals surface area contributed by atoms with Gasteiger partial charge in [0.2, 0.25) is 0 Å². The summed E-state index contributed by atoms with van der Waals surface area (Å²) in [4.78, 5) is 15.3. The molecule has 0 saturated heterocycles. The number of rotatable bonds is 3. The van der Waals surface area contributed by atoms with Gasteiger partial charge in [-0.2, -0.15) is 0 Å². The molecule has 13 heavy (non-hydrogen) atoms. The molecule has 0 aliphatic heterocycles. The number of carboxylic acid groups (broad SMARTS) is 1. The molecule has 1 aromatic rings. The van der Waals surface area contributed by atoms with Crippen molar-refractivity contribution in [1.82, 2.24) is 4.98 Å². The van der Waals surface area contributed by atoms with Crippen molar-refractivity contribution >= 4 is 17.3 Å². The van der Waals surface area contributed by atoms with Crippen LogP contribution in [-0.2, 0) is 0 Å². The number of aromatic nitrogens is 1. The summed E-state index contributed by atoms with van der Waals surface area (Å²) in [5.41, 5.74) is 5.86. The first kappa shape index (κ1) is 10.1. The molecule has 1 unspecified atom stereocenters. The lowest BCUT2D eigenvalue weighted by atomic mass is 10.2. The molecule has 5 heteroatoms. The SMILES string of the molecule is CCC(N)c1nc(C(=O)O)c(C)s1. The Kier molecular flexibility index (Phi) is 3.00. The van der Waals surface area contributed by atoms with E-state index in [1.807, 2.05) is 6.92 Å². The van der Waals surface area contributed by atoms with Gasteiger partial charge in [0.25, 0.3) is 0 Å². The zero-order valence-corrected chi connectivity index (χ0v) is 8.39. The summed E-state index contributed by atoms with van der Waals surface area (Å²) < 4.78 is 0. The van der Waals surface area contributed by atoms with Crippen LogP contribution in [0.25, 0.3) is 0 Å². The van der Waals surface area contributed by atoms with E-state index in [4.69, 9.17) is 10.8 Å². The molecule has 0 radical (unpaired) electrons. The van der Waals surface area contributed by atoms with E-state index < -0.39 is 5.97 Å². The zero-order chi connectivity index (χ0) is 10.0. The summed E-state index contributed by atoms with van der Waals surface area (Å²) in [5.74, 6) is -0.983. The first-order valence-electron chi connectivity index (χ1n) is 4.02. The molecule has 0 aromatic carbocycles. The molecule has 0 aliphatic carbocycles. The van der Waals surface area contributed by atoms with Gasteiger partial charge in [-0.15, -0.1) is 11.3 Å². The van der Waals surface area contributed by atoms with Gasteiger partial charge >= 0.3 is 5.97 Å². The van der Waals surface area contributed by atoms with Crippen LogP contribution >= 0.6 is 11.3 Å². The van der Waals surface area contributed by atoms with Crippen molar-refractivity contribution in [3.05, 3.63) is 15.6 Å². The van der Waals surface area contributed by atoms with Gasteiger partial charge in [-0.05, 0) is 13.3 Å². The first-order chi connectivity index (χ1) is 6.06. The van der Waals surface area contributed by atoms with Crippen molar-refractivity contribution in [3.63, 3.8) is 0 Å². The van der Waals surface area contributed by atoms with E-state index in [0.29, 0.717) is 9.88 Å². The second-order valence-corrected chi connectivity index (χ2v) is 4.01. The molecule has 0 amide bonds. The summed E-state index contributed by atoms with van der Waals surface area (Å²) in [6.07, 6.45) is 0.770. The number of carbonyl (C=O) groups is 1. The molecule has 1 heterocycles. The highest BCUT2D eigenvalue weighted by Crippen LogP contribution is 2.23. The van der Waals surface area contributed by atoms with Crippen LogP contribution in [-0.4, -0.2) is 16.1 Å². The van der Waals surface area contributed by atoms with Crippen molar-refractivity contribution in [1.29, 1.82) is 0 Å². The Labute approximate surface area is 80.4 Å². The summed E-state index contributed by atoms with van der Waals surface area (Å²) in [6, 6.07) is -0.142. The normalized spacial score (nSPS) is 12.8. The molecule has 0 spiro atoms. The van der Waals surface area contributed by atoms with Crippen LogP contribution in [0.2, 0.25) is 0 Å². The van der Waals surface area contributed by atoms with E-state index in [2.05, 4.69) is 4.98 Å². The van der Waals surface area contributed by atoms with E-state index in [-0.39, 0.29) is 11.7 Å². The van der Waals surface area contributed by atoms with Gasteiger partial charge in [-0.3, -0.25) is 0 Å². The number of nitrogens with two attached hydrogens (primary N) is 1. The molecule has 1 rings (SSSR count). The fourth-order valence-corrected chi connectivity index (χ4v) is 1.95. The maximum absolute atomic E-state index is 10.6. The zero-order valence-electron chi connectivity index (χ0n) is 7.57. The van der Waals surface area contributed by atoms with Gasteiger partial charge in [0, 0.05) is 4.88 Å². The highest BCUT2D eigenvalue weighted by atomic mass is 32.1. The summed E-state index contributed by atoms with van der Waals surface area (Å²) in [7, 11) is 0. The van der Waals surface area contributed by atoms with E-state index in [9.17, 15) is 4.79 Å². The van der Waals surface area contributed by atoms with E-state index in [1.54, 1.807) is 6.92 Å².